The first kappa shape index (κ1) is 14.6. The molecule has 1 rings (SSSR count). The number of benzene rings is 1. The van der Waals surface area contributed by atoms with E-state index in [0.717, 1.165) is 10.8 Å². The molecular weight excluding hydrogens is 242 g/mol. The summed E-state index contributed by atoms with van der Waals surface area (Å²) in [4.78, 5) is 4.55. The third-order valence-electron chi connectivity index (χ3n) is 2.15. The molecule has 0 fully saturated rings. The van der Waals surface area contributed by atoms with Crippen LogP contribution in [-0.4, -0.2) is 18.2 Å². The van der Waals surface area contributed by atoms with E-state index in [1.807, 2.05) is 32.0 Å². The maximum absolute atomic E-state index is 5.24. The van der Waals surface area contributed by atoms with Gasteiger partial charge in [0.05, 0.1) is 7.11 Å². The van der Waals surface area contributed by atoms with Crippen LogP contribution in [0, 0.1) is 0 Å². The molecule has 0 saturated carbocycles. The van der Waals surface area contributed by atoms with Crippen LogP contribution >= 0.6 is 11.8 Å². The number of hydrogen-bond donors (Lipinski definition) is 0. The van der Waals surface area contributed by atoms with Crippen molar-refractivity contribution in [1.29, 1.82) is 0 Å². The highest BCUT2D eigenvalue weighted by Gasteiger charge is 2.09. The summed E-state index contributed by atoms with van der Waals surface area (Å²) in [6, 6.07) is 10.5. The molecule has 1 aromatic carbocycles. The summed E-state index contributed by atoms with van der Waals surface area (Å²) in [5, 5.41) is 0.853. The van der Waals surface area contributed by atoms with E-state index in [0.29, 0.717) is 5.76 Å². The third kappa shape index (κ3) is 4.82. The van der Waals surface area contributed by atoms with Crippen LogP contribution in [0.3, 0.4) is 0 Å². The second kappa shape index (κ2) is 7.80. The standard InChI is InChI=1S/C15H19NOS/c1-5-14(17-4)15(16-12(2)3)18-11-13-9-7-6-8-10-13/h6-10,12H,1,11H2,2-4H3. The zero-order chi connectivity index (χ0) is 13.4. The minimum absolute atomic E-state index is 0.224. The van der Waals surface area contributed by atoms with Gasteiger partial charge in [-0.05, 0) is 19.4 Å². The Kier molecular flexibility index (Phi) is 6.34. The smallest absolute Gasteiger partial charge is 0.193 e. The van der Waals surface area contributed by atoms with Gasteiger partial charge in [0, 0.05) is 11.8 Å². The molecule has 3 heteroatoms. The quantitative estimate of drug-likeness (QED) is 0.345. The predicted octanol–water partition coefficient (Wildman–Crippen LogP) is 4.04. The Morgan fingerprint density at radius 2 is 2.06 bits per heavy atom. The highest BCUT2D eigenvalue weighted by Crippen LogP contribution is 2.19. The molecule has 1 aromatic rings. The van der Waals surface area contributed by atoms with E-state index in [4.69, 9.17) is 4.74 Å². The molecule has 0 spiro atoms. The average molecular weight is 261 g/mol. The van der Waals surface area contributed by atoms with Crippen molar-refractivity contribution in [3.63, 3.8) is 0 Å². The first-order valence-electron chi connectivity index (χ1n) is 5.86. The van der Waals surface area contributed by atoms with E-state index >= 15 is 0 Å². The van der Waals surface area contributed by atoms with Gasteiger partial charge < -0.3 is 4.74 Å². The molecule has 0 saturated heterocycles. The topological polar surface area (TPSA) is 21.6 Å². The third-order valence-corrected chi connectivity index (χ3v) is 3.19. The van der Waals surface area contributed by atoms with Gasteiger partial charge in [0.1, 0.15) is 5.04 Å². The molecule has 0 radical (unpaired) electrons. The predicted molar refractivity (Wildman–Crippen MR) is 80.0 cm³/mol. The van der Waals surface area contributed by atoms with Crippen LogP contribution in [0.15, 0.2) is 53.4 Å². The lowest BCUT2D eigenvalue weighted by molar-refractivity contribution is 0.317. The fraction of sp³-hybridized carbons (Fsp3) is 0.333. The Balaban J connectivity index is 2.78. The Bertz CT molecular complexity index is 445. The Morgan fingerprint density at radius 3 is 2.56 bits per heavy atom. The largest absolute Gasteiger partial charge is 0.487 e. The molecule has 0 aliphatic rings. The number of thioether (sulfide) groups is 1. The molecule has 0 bridgehead atoms. The lowest BCUT2D eigenvalue weighted by atomic mass is 10.2. The maximum Gasteiger partial charge on any atom is 0.193 e. The summed E-state index contributed by atoms with van der Waals surface area (Å²) in [7, 11) is 1.62. The second-order valence-corrected chi connectivity index (χ2v) is 4.98. The first-order valence-corrected chi connectivity index (χ1v) is 6.85. The van der Waals surface area contributed by atoms with Crippen LogP contribution in [-0.2, 0) is 10.5 Å². The molecular formula is C15H19NOS. The molecule has 0 aliphatic carbocycles. The zero-order valence-corrected chi connectivity index (χ0v) is 12.0. The molecule has 2 nitrogen and oxygen atoms in total. The van der Waals surface area contributed by atoms with Crippen LogP contribution in [0.1, 0.15) is 19.4 Å². The zero-order valence-electron chi connectivity index (χ0n) is 11.1. The van der Waals surface area contributed by atoms with Crippen molar-refractivity contribution in [2.75, 3.05) is 7.11 Å². The van der Waals surface area contributed by atoms with Gasteiger partial charge in [-0.15, -0.1) is 0 Å². The van der Waals surface area contributed by atoms with Crippen LogP contribution in [0.4, 0.5) is 0 Å². The molecule has 0 aromatic heterocycles. The van der Waals surface area contributed by atoms with Gasteiger partial charge in [0.2, 0.25) is 0 Å². The SMILES string of the molecule is C=C=C(OC)C(=NC(C)C)SCc1ccccc1. The van der Waals surface area contributed by atoms with Crippen LogP contribution in [0.25, 0.3) is 0 Å². The van der Waals surface area contributed by atoms with Crippen molar-refractivity contribution in [3.05, 3.63) is 54.0 Å². The van der Waals surface area contributed by atoms with Gasteiger partial charge in [-0.25, -0.2) is 0 Å². The normalized spacial score (nSPS) is 11.2. The summed E-state index contributed by atoms with van der Waals surface area (Å²) in [6.45, 7) is 7.72. The first-order chi connectivity index (χ1) is 8.67. The summed E-state index contributed by atoms with van der Waals surface area (Å²) >= 11 is 1.65. The number of ether oxygens (including phenoxy) is 1. The van der Waals surface area contributed by atoms with Crippen molar-refractivity contribution in [2.45, 2.75) is 25.6 Å². The number of nitrogens with zero attached hydrogens (tertiary/aromatic N) is 1. The number of aliphatic imine (C=N–C) groups is 1. The van der Waals surface area contributed by atoms with Gasteiger partial charge in [-0.2, -0.15) is 0 Å². The van der Waals surface area contributed by atoms with Crippen molar-refractivity contribution in [2.24, 2.45) is 4.99 Å². The van der Waals surface area contributed by atoms with Gasteiger partial charge in [-0.1, -0.05) is 54.4 Å². The lowest BCUT2D eigenvalue weighted by Gasteiger charge is -2.09. The maximum atomic E-state index is 5.24. The van der Waals surface area contributed by atoms with Crippen molar-refractivity contribution in [1.82, 2.24) is 0 Å². The fourth-order valence-corrected chi connectivity index (χ4v) is 2.42. The average Bonchev–Trinajstić information content (AvgIpc) is 2.38. The van der Waals surface area contributed by atoms with E-state index in [2.05, 4.69) is 29.4 Å². The summed E-state index contributed by atoms with van der Waals surface area (Å²) in [5.74, 6) is 1.48. The second-order valence-electron chi connectivity index (χ2n) is 4.01. The highest BCUT2D eigenvalue weighted by atomic mass is 32.2. The molecule has 0 aliphatic heterocycles. The molecule has 0 N–H and O–H groups in total. The van der Waals surface area contributed by atoms with Crippen LogP contribution in [0.2, 0.25) is 0 Å². The number of methoxy groups -OCH3 is 1. The highest BCUT2D eigenvalue weighted by molar-refractivity contribution is 8.13. The minimum Gasteiger partial charge on any atom is -0.487 e. The van der Waals surface area contributed by atoms with Crippen molar-refractivity contribution < 1.29 is 4.74 Å². The monoisotopic (exact) mass is 261 g/mol. The van der Waals surface area contributed by atoms with Crippen LogP contribution < -0.4 is 0 Å². The van der Waals surface area contributed by atoms with E-state index < -0.39 is 0 Å². The molecule has 18 heavy (non-hydrogen) atoms. The van der Waals surface area contributed by atoms with Gasteiger partial charge in [0.15, 0.2) is 5.76 Å². The summed E-state index contributed by atoms with van der Waals surface area (Å²) in [5.41, 5.74) is 4.05. The molecule has 96 valence electrons. The van der Waals surface area contributed by atoms with Crippen molar-refractivity contribution in [3.8, 4) is 0 Å². The lowest BCUT2D eigenvalue weighted by Crippen LogP contribution is -2.04. The summed E-state index contributed by atoms with van der Waals surface area (Å²) < 4.78 is 5.24. The van der Waals surface area contributed by atoms with Crippen molar-refractivity contribution >= 4 is 16.8 Å². The van der Waals surface area contributed by atoms with E-state index in [-0.39, 0.29) is 6.04 Å². The minimum atomic E-state index is 0.224. The Labute approximate surface area is 113 Å². The number of rotatable bonds is 5. The Morgan fingerprint density at radius 1 is 1.39 bits per heavy atom. The van der Waals surface area contributed by atoms with Crippen LogP contribution in [0.5, 0.6) is 0 Å². The molecule has 0 unspecified atom stereocenters. The van der Waals surface area contributed by atoms with E-state index in [9.17, 15) is 0 Å². The molecule has 0 atom stereocenters. The van der Waals surface area contributed by atoms with E-state index in [1.54, 1.807) is 18.9 Å². The number of hydrogen-bond acceptors (Lipinski definition) is 3. The van der Waals surface area contributed by atoms with Gasteiger partial charge in [-0.3, -0.25) is 4.99 Å². The molecule has 0 amide bonds. The van der Waals surface area contributed by atoms with Gasteiger partial charge >= 0.3 is 0 Å². The van der Waals surface area contributed by atoms with Gasteiger partial charge in [0.25, 0.3) is 0 Å². The molecule has 0 heterocycles. The summed E-state index contributed by atoms with van der Waals surface area (Å²) in [6.07, 6.45) is 0. The van der Waals surface area contributed by atoms with E-state index in [1.165, 1.54) is 5.56 Å². The Hall–Kier alpha value is -1.44. The fourth-order valence-electron chi connectivity index (χ4n) is 1.36.